The van der Waals surface area contributed by atoms with Crippen molar-refractivity contribution in [3.05, 3.63) is 21.4 Å². The maximum absolute atomic E-state index is 12.9. The van der Waals surface area contributed by atoms with Gasteiger partial charge in [-0.3, -0.25) is 0 Å². The second-order valence-electron chi connectivity index (χ2n) is 3.90. The minimum Gasteiger partial charge on any atom is -0.425 e. The molecule has 1 aromatic rings. The highest BCUT2D eigenvalue weighted by Gasteiger charge is 2.28. The molecule has 0 fully saturated rings. The Morgan fingerprint density at radius 1 is 1.50 bits per heavy atom. The molecule has 0 saturated heterocycles. The van der Waals surface area contributed by atoms with Crippen molar-refractivity contribution in [1.29, 1.82) is 0 Å². The molecule has 0 aromatic carbocycles. The first-order valence-electron chi connectivity index (χ1n) is 4.98. The fourth-order valence-electron chi connectivity index (χ4n) is 1.81. The molecule has 1 heterocycles. The first kappa shape index (κ1) is 12.0. The van der Waals surface area contributed by atoms with Gasteiger partial charge in [-0.1, -0.05) is 27.2 Å². The fraction of sp³-hybridized carbons (Fsp3) is 0.636. The Labute approximate surface area is 98.2 Å². The van der Waals surface area contributed by atoms with Crippen LogP contribution in [0.2, 0.25) is 0 Å². The highest BCUT2D eigenvalue weighted by Crippen LogP contribution is 2.36. The van der Waals surface area contributed by atoms with Crippen LogP contribution in [0.25, 0.3) is 0 Å². The smallest absolute Gasteiger partial charge is 0.279 e. The van der Waals surface area contributed by atoms with E-state index in [2.05, 4.69) is 43.4 Å². The van der Waals surface area contributed by atoms with Crippen LogP contribution in [0.3, 0.4) is 0 Å². The van der Waals surface area contributed by atoms with Crippen molar-refractivity contribution in [2.45, 2.75) is 45.4 Å². The van der Waals surface area contributed by atoms with E-state index in [4.69, 9.17) is 4.42 Å². The molecule has 80 valence electrons. The van der Waals surface area contributed by atoms with Gasteiger partial charge in [0.1, 0.15) is 0 Å². The summed E-state index contributed by atoms with van der Waals surface area (Å²) in [4.78, 5) is 0. The molecule has 14 heavy (non-hydrogen) atoms. The second-order valence-corrected chi connectivity index (χ2v) is 4.88. The molecule has 0 radical (unpaired) electrons. The summed E-state index contributed by atoms with van der Waals surface area (Å²) in [7, 11) is 0. The Bertz CT molecular complexity index is 308. The highest BCUT2D eigenvalue weighted by atomic mass is 127. The average Bonchev–Trinajstić information content (AvgIpc) is 2.46. The van der Waals surface area contributed by atoms with E-state index >= 15 is 0 Å². The van der Waals surface area contributed by atoms with E-state index in [0.29, 0.717) is 3.77 Å². The van der Waals surface area contributed by atoms with E-state index in [1.165, 1.54) is 6.07 Å². The second kappa shape index (κ2) is 4.64. The molecule has 0 aliphatic rings. The largest absolute Gasteiger partial charge is 0.425 e. The van der Waals surface area contributed by atoms with Crippen LogP contribution in [0.4, 0.5) is 4.39 Å². The Morgan fingerprint density at radius 3 is 2.50 bits per heavy atom. The van der Waals surface area contributed by atoms with Crippen molar-refractivity contribution in [1.82, 2.24) is 0 Å². The van der Waals surface area contributed by atoms with Gasteiger partial charge in [0, 0.05) is 34.2 Å². The molecule has 0 saturated carbocycles. The number of furan rings is 1. The predicted molar refractivity (Wildman–Crippen MR) is 63.9 cm³/mol. The van der Waals surface area contributed by atoms with Crippen LogP contribution >= 0.6 is 22.6 Å². The number of halogens is 2. The SMILES string of the molecule is CCCC(C)(CC)c1cc(F)oc1I. The third kappa shape index (κ3) is 2.30. The van der Waals surface area contributed by atoms with Gasteiger partial charge in [-0.15, -0.1) is 0 Å². The van der Waals surface area contributed by atoms with Crippen LogP contribution < -0.4 is 0 Å². The number of rotatable bonds is 4. The summed E-state index contributed by atoms with van der Waals surface area (Å²) >= 11 is 2.06. The molecule has 1 atom stereocenters. The molecular formula is C11H16FIO. The maximum Gasteiger partial charge on any atom is 0.279 e. The Kier molecular flexibility index (Phi) is 3.98. The molecule has 0 bridgehead atoms. The van der Waals surface area contributed by atoms with E-state index in [0.717, 1.165) is 24.8 Å². The molecule has 0 spiro atoms. The summed E-state index contributed by atoms with van der Waals surface area (Å²) in [6.45, 7) is 6.46. The summed E-state index contributed by atoms with van der Waals surface area (Å²) in [5.41, 5.74) is 1.07. The summed E-state index contributed by atoms with van der Waals surface area (Å²) in [6, 6.07) is 1.06. The van der Waals surface area contributed by atoms with Gasteiger partial charge in [0.2, 0.25) is 0 Å². The van der Waals surface area contributed by atoms with Gasteiger partial charge in [0.15, 0.2) is 3.77 Å². The van der Waals surface area contributed by atoms with Crippen molar-refractivity contribution in [2.24, 2.45) is 0 Å². The number of hydrogen-bond acceptors (Lipinski definition) is 1. The zero-order valence-electron chi connectivity index (χ0n) is 8.86. The standard InChI is InChI=1S/C11H16FIO/c1-4-6-11(3,5-2)8-7-9(12)14-10(8)13/h7H,4-6H2,1-3H3. The van der Waals surface area contributed by atoms with Crippen molar-refractivity contribution < 1.29 is 8.81 Å². The fourth-order valence-corrected chi connectivity index (χ4v) is 2.82. The highest BCUT2D eigenvalue weighted by molar-refractivity contribution is 14.1. The molecule has 0 aliphatic heterocycles. The van der Waals surface area contributed by atoms with Gasteiger partial charge in [0.05, 0.1) is 0 Å². The van der Waals surface area contributed by atoms with Crippen LogP contribution in [0.15, 0.2) is 10.5 Å². The quantitative estimate of drug-likeness (QED) is 0.747. The van der Waals surface area contributed by atoms with Crippen LogP contribution in [0, 0.1) is 9.78 Å². The molecule has 3 heteroatoms. The molecule has 1 aromatic heterocycles. The Hall–Kier alpha value is -0.0600. The molecule has 0 N–H and O–H groups in total. The van der Waals surface area contributed by atoms with Gasteiger partial charge in [-0.05, 0) is 18.3 Å². The Morgan fingerprint density at radius 2 is 2.14 bits per heavy atom. The van der Waals surface area contributed by atoms with Gasteiger partial charge in [-0.2, -0.15) is 4.39 Å². The van der Waals surface area contributed by atoms with Gasteiger partial charge >= 0.3 is 0 Å². The van der Waals surface area contributed by atoms with Gasteiger partial charge in [-0.25, -0.2) is 0 Å². The molecule has 1 nitrogen and oxygen atoms in total. The lowest BCUT2D eigenvalue weighted by molar-refractivity contribution is 0.340. The predicted octanol–water partition coefficient (Wildman–Crippen LogP) is 4.49. The Balaban J connectivity index is 3.04. The van der Waals surface area contributed by atoms with Crippen molar-refractivity contribution in [3.8, 4) is 0 Å². The average molecular weight is 310 g/mol. The topological polar surface area (TPSA) is 13.1 Å². The van der Waals surface area contributed by atoms with Crippen LogP contribution in [0.5, 0.6) is 0 Å². The summed E-state index contributed by atoms with van der Waals surface area (Å²) in [6.07, 6.45) is 3.18. The molecule has 0 amide bonds. The lowest BCUT2D eigenvalue weighted by Gasteiger charge is -2.26. The monoisotopic (exact) mass is 310 g/mol. The van der Waals surface area contributed by atoms with Crippen LogP contribution in [-0.2, 0) is 5.41 Å². The first-order valence-corrected chi connectivity index (χ1v) is 6.06. The number of hydrogen-bond donors (Lipinski definition) is 0. The van der Waals surface area contributed by atoms with Gasteiger partial charge in [0.25, 0.3) is 6.01 Å². The van der Waals surface area contributed by atoms with Crippen molar-refractivity contribution in [3.63, 3.8) is 0 Å². The summed E-state index contributed by atoms with van der Waals surface area (Å²) in [5, 5.41) is 0. The van der Waals surface area contributed by atoms with Crippen molar-refractivity contribution >= 4 is 22.6 Å². The van der Waals surface area contributed by atoms with E-state index in [9.17, 15) is 4.39 Å². The van der Waals surface area contributed by atoms with E-state index in [1.54, 1.807) is 0 Å². The minimum atomic E-state index is -0.472. The summed E-state index contributed by atoms with van der Waals surface area (Å²) in [5.74, 6) is 0. The molecule has 1 unspecified atom stereocenters. The molecule has 1 rings (SSSR count). The van der Waals surface area contributed by atoms with Crippen molar-refractivity contribution in [2.75, 3.05) is 0 Å². The first-order chi connectivity index (χ1) is 6.53. The van der Waals surface area contributed by atoms with E-state index in [-0.39, 0.29) is 5.41 Å². The normalized spacial score (nSPS) is 15.5. The third-order valence-electron chi connectivity index (χ3n) is 2.89. The van der Waals surface area contributed by atoms with Crippen LogP contribution in [0.1, 0.15) is 45.6 Å². The zero-order valence-corrected chi connectivity index (χ0v) is 11.0. The van der Waals surface area contributed by atoms with Gasteiger partial charge < -0.3 is 4.42 Å². The lowest BCUT2D eigenvalue weighted by Crippen LogP contribution is -2.20. The van der Waals surface area contributed by atoms with E-state index < -0.39 is 6.01 Å². The summed E-state index contributed by atoms with van der Waals surface area (Å²) < 4.78 is 18.5. The van der Waals surface area contributed by atoms with Crippen LogP contribution in [-0.4, -0.2) is 0 Å². The maximum atomic E-state index is 12.9. The zero-order chi connectivity index (χ0) is 10.8. The van der Waals surface area contributed by atoms with E-state index in [1.807, 2.05) is 0 Å². The molecule has 0 aliphatic carbocycles. The molecular weight excluding hydrogens is 294 g/mol. The lowest BCUT2D eigenvalue weighted by atomic mass is 9.78. The third-order valence-corrected chi connectivity index (χ3v) is 3.69. The minimum absolute atomic E-state index is 0.0547.